The van der Waals surface area contributed by atoms with Crippen LogP contribution < -0.4 is 11.1 Å². The zero-order chi connectivity index (χ0) is 9.68. The maximum atomic E-state index is 10.7. The van der Waals surface area contributed by atoms with Crippen LogP contribution in [0.4, 0.5) is 4.79 Å². The number of hydrogen-bond donors (Lipinski definition) is 2. The number of hydrogen-bond acceptors (Lipinski definition) is 2. The molecule has 1 atom stereocenters. The lowest BCUT2D eigenvalue weighted by Crippen LogP contribution is -2.39. The molecule has 1 aliphatic rings. The Bertz CT molecular complexity index is 166. The van der Waals surface area contributed by atoms with Gasteiger partial charge in [0, 0.05) is 19.6 Å². The highest BCUT2D eigenvalue weighted by molar-refractivity contribution is 5.71. The average Bonchev–Trinajstić information content (AvgIpc) is 2.15. The smallest absolute Gasteiger partial charge is 0.314 e. The molecular weight excluding hydrogens is 166 g/mol. The van der Waals surface area contributed by atoms with Crippen molar-refractivity contribution >= 4 is 6.03 Å². The van der Waals surface area contributed by atoms with E-state index in [1.165, 1.54) is 19.3 Å². The van der Waals surface area contributed by atoms with Gasteiger partial charge in [-0.25, -0.2) is 4.79 Å². The number of carbonyl (C=O) groups is 1. The van der Waals surface area contributed by atoms with Gasteiger partial charge in [0.1, 0.15) is 0 Å². The van der Waals surface area contributed by atoms with E-state index in [1.54, 1.807) is 11.9 Å². The molecule has 0 aromatic rings. The highest BCUT2D eigenvalue weighted by atomic mass is 16.2. The summed E-state index contributed by atoms with van der Waals surface area (Å²) in [6.45, 7) is 1.87. The molecule has 3 N–H and O–H groups in total. The highest BCUT2D eigenvalue weighted by Gasteiger charge is 2.13. The molecule has 4 nitrogen and oxygen atoms in total. The van der Waals surface area contributed by atoms with Crippen LogP contribution in [-0.2, 0) is 0 Å². The lowest BCUT2D eigenvalue weighted by atomic mass is 10.0. The van der Waals surface area contributed by atoms with Crippen molar-refractivity contribution in [3.05, 3.63) is 0 Å². The van der Waals surface area contributed by atoms with Crippen LogP contribution in [-0.4, -0.2) is 37.1 Å². The van der Waals surface area contributed by atoms with E-state index in [4.69, 9.17) is 5.73 Å². The van der Waals surface area contributed by atoms with Gasteiger partial charge in [0.25, 0.3) is 0 Å². The SMILES string of the molecule is CN(CCC1CCCCN1)C(N)=O. The molecule has 0 aromatic heterocycles. The Morgan fingerprint density at radius 2 is 2.38 bits per heavy atom. The Hall–Kier alpha value is -0.770. The fourth-order valence-electron chi connectivity index (χ4n) is 1.63. The summed E-state index contributed by atoms with van der Waals surface area (Å²) in [5.41, 5.74) is 5.12. The van der Waals surface area contributed by atoms with Gasteiger partial charge in [0.05, 0.1) is 0 Å². The van der Waals surface area contributed by atoms with Gasteiger partial charge in [0.2, 0.25) is 0 Å². The molecule has 1 rings (SSSR count). The van der Waals surface area contributed by atoms with Gasteiger partial charge in [-0.05, 0) is 25.8 Å². The van der Waals surface area contributed by atoms with Crippen molar-refractivity contribution in [1.29, 1.82) is 0 Å². The first-order chi connectivity index (χ1) is 6.20. The van der Waals surface area contributed by atoms with Crippen LogP contribution in [0.2, 0.25) is 0 Å². The number of nitrogens with zero attached hydrogens (tertiary/aromatic N) is 1. The van der Waals surface area contributed by atoms with E-state index >= 15 is 0 Å². The summed E-state index contributed by atoms with van der Waals surface area (Å²) in [6.07, 6.45) is 4.83. The summed E-state index contributed by atoms with van der Waals surface area (Å²) in [7, 11) is 1.74. The molecule has 0 aromatic carbocycles. The number of primary amides is 1. The minimum Gasteiger partial charge on any atom is -0.351 e. The molecular formula is C9H19N3O. The van der Waals surface area contributed by atoms with Gasteiger partial charge in [-0.1, -0.05) is 6.42 Å². The van der Waals surface area contributed by atoms with E-state index in [-0.39, 0.29) is 6.03 Å². The van der Waals surface area contributed by atoms with Gasteiger partial charge < -0.3 is 16.0 Å². The Kier molecular flexibility index (Phi) is 4.02. The fourth-order valence-corrected chi connectivity index (χ4v) is 1.63. The fraction of sp³-hybridized carbons (Fsp3) is 0.889. The number of carbonyl (C=O) groups excluding carboxylic acids is 1. The minimum absolute atomic E-state index is 0.337. The topological polar surface area (TPSA) is 58.4 Å². The van der Waals surface area contributed by atoms with Crippen molar-refractivity contribution in [2.45, 2.75) is 31.7 Å². The Balaban J connectivity index is 2.13. The van der Waals surface area contributed by atoms with Crippen LogP contribution in [0.25, 0.3) is 0 Å². The van der Waals surface area contributed by atoms with Crippen LogP contribution in [0.1, 0.15) is 25.7 Å². The molecule has 0 bridgehead atoms. The second kappa shape index (κ2) is 5.07. The second-order valence-corrected chi connectivity index (χ2v) is 3.70. The highest BCUT2D eigenvalue weighted by Crippen LogP contribution is 2.09. The van der Waals surface area contributed by atoms with Gasteiger partial charge in [-0.3, -0.25) is 0 Å². The van der Waals surface area contributed by atoms with Gasteiger partial charge >= 0.3 is 6.03 Å². The molecule has 4 heteroatoms. The summed E-state index contributed by atoms with van der Waals surface area (Å²) >= 11 is 0. The molecule has 1 unspecified atom stereocenters. The molecule has 1 fully saturated rings. The summed E-state index contributed by atoms with van der Waals surface area (Å²) < 4.78 is 0. The Morgan fingerprint density at radius 3 is 2.92 bits per heavy atom. The normalized spacial score (nSPS) is 22.7. The summed E-state index contributed by atoms with van der Waals surface area (Å²) in [5, 5.41) is 3.43. The quantitative estimate of drug-likeness (QED) is 0.674. The van der Waals surface area contributed by atoms with Crippen molar-refractivity contribution in [3.63, 3.8) is 0 Å². The number of rotatable bonds is 3. The molecule has 0 aliphatic carbocycles. The number of amides is 2. The van der Waals surface area contributed by atoms with Crippen LogP contribution in [0.15, 0.2) is 0 Å². The number of piperidine rings is 1. The van der Waals surface area contributed by atoms with E-state index in [0.717, 1.165) is 19.5 Å². The van der Waals surface area contributed by atoms with E-state index < -0.39 is 0 Å². The van der Waals surface area contributed by atoms with E-state index in [2.05, 4.69) is 5.32 Å². The summed E-state index contributed by atoms with van der Waals surface area (Å²) in [6, 6.07) is 0.242. The molecule has 2 amide bonds. The van der Waals surface area contributed by atoms with Gasteiger partial charge in [-0.15, -0.1) is 0 Å². The van der Waals surface area contributed by atoms with Gasteiger partial charge in [-0.2, -0.15) is 0 Å². The van der Waals surface area contributed by atoms with Crippen LogP contribution >= 0.6 is 0 Å². The first-order valence-corrected chi connectivity index (χ1v) is 4.94. The molecule has 1 saturated heterocycles. The first kappa shape index (κ1) is 10.3. The van der Waals surface area contributed by atoms with Crippen molar-refractivity contribution in [1.82, 2.24) is 10.2 Å². The lowest BCUT2D eigenvalue weighted by Gasteiger charge is -2.25. The molecule has 13 heavy (non-hydrogen) atoms. The predicted octanol–water partition coefficient (Wildman–Crippen LogP) is 0.529. The molecule has 1 aliphatic heterocycles. The predicted molar refractivity (Wildman–Crippen MR) is 52.5 cm³/mol. The zero-order valence-electron chi connectivity index (χ0n) is 8.25. The van der Waals surface area contributed by atoms with E-state index in [0.29, 0.717) is 6.04 Å². The number of urea groups is 1. The third kappa shape index (κ3) is 3.63. The van der Waals surface area contributed by atoms with Gasteiger partial charge in [0.15, 0.2) is 0 Å². The zero-order valence-corrected chi connectivity index (χ0v) is 8.25. The Labute approximate surface area is 79.5 Å². The molecule has 0 radical (unpaired) electrons. The molecule has 1 heterocycles. The molecule has 76 valence electrons. The first-order valence-electron chi connectivity index (χ1n) is 4.94. The number of nitrogens with one attached hydrogen (secondary N) is 1. The summed E-state index contributed by atoms with van der Waals surface area (Å²) in [4.78, 5) is 12.3. The van der Waals surface area contributed by atoms with E-state index in [9.17, 15) is 4.79 Å². The van der Waals surface area contributed by atoms with Crippen molar-refractivity contribution < 1.29 is 4.79 Å². The third-order valence-corrected chi connectivity index (χ3v) is 2.60. The lowest BCUT2D eigenvalue weighted by molar-refractivity contribution is 0.214. The molecule has 0 spiro atoms. The summed E-state index contributed by atoms with van der Waals surface area (Å²) in [5.74, 6) is 0. The Morgan fingerprint density at radius 1 is 1.62 bits per heavy atom. The van der Waals surface area contributed by atoms with Crippen LogP contribution in [0.3, 0.4) is 0 Å². The second-order valence-electron chi connectivity index (χ2n) is 3.70. The average molecular weight is 185 g/mol. The van der Waals surface area contributed by atoms with Crippen molar-refractivity contribution in [3.8, 4) is 0 Å². The largest absolute Gasteiger partial charge is 0.351 e. The maximum absolute atomic E-state index is 10.7. The third-order valence-electron chi connectivity index (χ3n) is 2.60. The van der Waals surface area contributed by atoms with Crippen molar-refractivity contribution in [2.24, 2.45) is 5.73 Å². The van der Waals surface area contributed by atoms with Crippen molar-refractivity contribution in [2.75, 3.05) is 20.1 Å². The van der Waals surface area contributed by atoms with E-state index in [1.807, 2.05) is 0 Å². The minimum atomic E-state index is -0.337. The standard InChI is InChI=1S/C9H19N3O/c1-12(9(10)13)7-5-8-4-2-3-6-11-8/h8,11H,2-7H2,1H3,(H2,10,13). The maximum Gasteiger partial charge on any atom is 0.314 e. The van der Waals surface area contributed by atoms with Crippen LogP contribution in [0.5, 0.6) is 0 Å². The monoisotopic (exact) mass is 185 g/mol. The number of nitrogens with two attached hydrogens (primary N) is 1. The van der Waals surface area contributed by atoms with Crippen LogP contribution in [0, 0.1) is 0 Å². The molecule has 0 saturated carbocycles.